The average molecular weight is 277 g/mol. The molecular weight excluding hydrogens is 260 g/mol. The lowest BCUT2D eigenvalue weighted by Crippen LogP contribution is -2.53. The first-order valence-electron chi connectivity index (χ1n) is 6.04. The zero-order chi connectivity index (χ0) is 14.0. The van der Waals surface area contributed by atoms with Gasteiger partial charge in [0.25, 0.3) is 0 Å². The Balaban J connectivity index is 2.97. The van der Waals surface area contributed by atoms with Gasteiger partial charge < -0.3 is 5.32 Å². The molecule has 1 rings (SSSR count). The van der Waals surface area contributed by atoms with Gasteiger partial charge in [0.1, 0.15) is 0 Å². The molecule has 1 atom stereocenters. The molecular formula is C11H17F6N. The summed E-state index contributed by atoms with van der Waals surface area (Å²) >= 11 is 0. The second-order valence-electron chi connectivity index (χ2n) is 4.69. The summed E-state index contributed by atoms with van der Waals surface area (Å²) in [6.07, 6.45) is -8.24. The second-order valence-corrected chi connectivity index (χ2v) is 4.69. The first-order valence-corrected chi connectivity index (χ1v) is 6.04. The third-order valence-corrected chi connectivity index (χ3v) is 3.41. The summed E-state index contributed by atoms with van der Waals surface area (Å²) in [5.41, 5.74) is 0. The molecule has 0 aromatic heterocycles. The Morgan fingerprint density at radius 3 is 1.78 bits per heavy atom. The number of hydrogen-bond acceptors (Lipinski definition) is 1. The molecule has 0 radical (unpaired) electrons. The normalized spacial score (nSPS) is 20.7. The average Bonchev–Trinajstić information content (AvgIpc) is 2.64. The van der Waals surface area contributed by atoms with Gasteiger partial charge in [0.2, 0.25) is 0 Å². The summed E-state index contributed by atoms with van der Waals surface area (Å²) in [5.74, 6) is -3.81. The quantitative estimate of drug-likeness (QED) is 0.769. The van der Waals surface area contributed by atoms with Crippen LogP contribution in [0.15, 0.2) is 0 Å². The van der Waals surface area contributed by atoms with Gasteiger partial charge in [0, 0.05) is 6.04 Å². The largest absolute Gasteiger partial charge is 0.402 e. The number of nitrogens with one attached hydrogen (secondary N) is 1. The van der Waals surface area contributed by atoms with E-state index in [2.05, 4.69) is 5.32 Å². The molecule has 0 bridgehead atoms. The molecule has 0 amide bonds. The number of alkyl halides is 6. The minimum absolute atomic E-state index is 0.101. The van der Waals surface area contributed by atoms with E-state index < -0.39 is 30.2 Å². The first kappa shape index (κ1) is 15.6. The van der Waals surface area contributed by atoms with Gasteiger partial charge in [0.05, 0.1) is 0 Å². The summed E-state index contributed by atoms with van der Waals surface area (Å²) < 4.78 is 76.1. The van der Waals surface area contributed by atoms with Crippen LogP contribution in [0.3, 0.4) is 0 Å². The van der Waals surface area contributed by atoms with Crippen molar-refractivity contribution in [1.82, 2.24) is 5.32 Å². The highest BCUT2D eigenvalue weighted by atomic mass is 19.4. The fourth-order valence-corrected chi connectivity index (χ4v) is 2.70. The summed E-state index contributed by atoms with van der Waals surface area (Å²) in [5, 5.41) is 2.40. The Kier molecular flexibility index (Phi) is 4.91. The molecule has 1 nitrogen and oxygen atoms in total. The number of rotatable bonds is 4. The van der Waals surface area contributed by atoms with Gasteiger partial charge >= 0.3 is 12.4 Å². The monoisotopic (exact) mass is 277 g/mol. The Labute approximate surface area is 102 Å². The van der Waals surface area contributed by atoms with Crippen LogP contribution >= 0.6 is 0 Å². The van der Waals surface area contributed by atoms with E-state index >= 15 is 0 Å². The van der Waals surface area contributed by atoms with Gasteiger partial charge in [-0.2, -0.15) is 26.3 Å². The van der Waals surface area contributed by atoms with Gasteiger partial charge in [0.15, 0.2) is 5.92 Å². The van der Waals surface area contributed by atoms with Gasteiger partial charge in [-0.15, -0.1) is 0 Å². The fraction of sp³-hybridized carbons (Fsp3) is 1.00. The predicted molar refractivity (Wildman–Crippen MR) is 55.0 cm³/mol. The zero-order valence-corrected chi connectivity index (χ0v) is 10.0. The molecule has 108 valence electrons. The molecule has 1 aliphatic rings. The molecule has 0 aromatic carbocycles. The van der Waals surface area contributed by atoms with E-state index in [1.54, 1.807) is 0 Å². The van der Waals surface area contributed by atoms with Crippen molar-refractivity contribution in [2.45, 2.75) is 51.0 Å². The Morgan fingerprint density at radius 2 is 1.44 bits per heavy atom. The molecule has 1 unspecified atom stereocenters. The highest BCUT2D eigenvalue weighted by Crippen LogP contribution is 2.45. The predicted octanol–water partition coefficient (Wildman–Crippen LogP) is 3.90. The van der Waals surface area contributed by atoms with E-state index in [4.69, 9.17) is 0 Å². The maximum absolute atomic E-state index is 12.7. The topological polar surface area (TPSA) is 12.0 Å². The van der Waals surface area contributed by atoms with Gasteiger partial charge in [-0.25, -0.2) is 0 Å². The maximum atomic E-state index is 12.7. The second kappa shape index (κ2) is 5.67. The van der Waals surface area contributed by atoms with E-state index in [9.17, 15) is 26.3 Å². The standard InChI is InChI=1S/C11H17F6N/c1-2-18-8(7-5-3-4-6-7)9(10(12,13)14)11(15,16)17/h7-9,18H,2-6H2,1H3. The smallest absolute Gasteiger partial charge is 0.313 e. The molecule has 1 aliphatic carbocycles. The van der Waals surface area contributed by atoms with Gasteiger partial charge in [-0.05, 0) is 25.3 Å². The third kappa shape index (κ3) is 3.76. The molecule has 18 heavy (non-hydrogen) atoms. The maximum Gasteiger partial charge on any atom is 0.402 e. The van der Waals surface area contributed by atoms with E-state index in [0.29, 0.717) is 25.7 Å². The molecule has 7 heteroatoms. The van der Waals surface area contributed by atoms with E-state index in [1.165, 1.54) is 6.92 Å². The Bertz CT molecular complexity index is 239. The highest BCUT2D eigenvalue weighted by Gasteiger charge is 2.61. The summed E-state index contributed by atoms with van der Waals surface area (Å²) in [6.45, 7) is 1.62. The lowest BCUT2D eigenvalue weighted by Gasteiger charge is -2.34. The van der Waals surface area contributed by atoms with Crippen LogP contribution in [-0.4, -0.2) is 24.9 Å². The number of halogens is 6. The van der Waals surface area contributed by atoms with E-state index in [0.717, 1.165) is 0 Å². The Hall–Kier alpha value is -0.460. The van der Waals surface area contributed by atoms with Crippen LogP contribution in [-0.2, 0) is 0 Å². The molecule has 0 spiro atoms. The minimum atomic E-state index is -5.26. The SMILES string of the molecule is CCNC(C1CCCC1)C(C(F)(F)F)C(F)(F)F. The summed E-state index contributed by atoms with van der Waals surface area (Å²) in [4.78, 5) is 0. The van der Waals surface area contributed by atoms with Crippen LogP contribution in [0.2, 0.25) is 0 Å². The van der Waals surface area contributed by atoms with E-state index in [-0.39, 0.29) is 6.54 Å². The van der Waals surface area contributed by atoms with Crippen molar-refractivity contribution in [2.24, 2.45) is 11.8 Å². The summed E-state index contributed by atoms with van der Waals surface area (Å²) in [7, 11) is 0. The molecule has 0 aromatic rings. The van der Waals surface area contributed by atoms with Crippen LogP contribution in [0.25, 0.3) is 0 Å². The molecule has 0 aliphatic heterocycles. The summed E-state index contributed by atoms with van der Waals surface area (Å²) in [6, 6.07) is -1.56. The van der Waals surface area contributed by atoms with Crippen LogP contribution in [0.4, 0.5) is 26.3 Å². The molecule has 1 N–H and O–H groups in total. The zero-order valence-electron chi connectivity index (χ0n) is 10.0. The van der Waals surface area contributed by atoms with Gasteiger partial charge in [-0.1, -0.05) is 19.8 Å². The molecule has 0 heterocycles. The van der Waals surface area contributed by atoms with Crippen molar-refractivity contribution >= 4 is 0 Å². The third-order valence-electron chi connectivity index (χ3n) is 3.41. The number of hydrogen-bond donors (Lipinski definition) is 1. The van der Waals surface area contributed by atoms with E-state index in [1.807, 2.05) is 0 Å². The van der Waals surface area contributed by atoms with Crippen molar-refractivity contribution in [2.75, 3.05) is 6.54 Å². The van der Waals surface area contributed by atoms with Crippen LogP contribution in [0.1, 0.15) is 32.6 Å². The molecule has 0 saturated heterocycles. The molecule has 1 saturated carbocycles. The van der Waals surface area contributed by atoms with Gasteiger partial charge in [-0.3, -0.25) is 0 Å². The van der Waals surface area contributed by atoms with Crippen molar-refractivity contribution in [3.8, 4) is 0 Å². The lowest BCUT2D eigenvalue weighted by molar-refractivity contribution is -0.295. The first-order chi connectivity index (χ1) is 8.18. The van der Waals surface area contributed by atoms with Crippen molar-refractivity contribution in [3.63, 3.8) is 0 Å². The molecule has 1 fully saturated rings. The van der Waals surface area contributed by atoms with Crippen molar-refractivity contribution in [3.05, 3.63) is 0 Å². The fourth-order valence-electron chi connectivity index (χ4n) is 2.70. The van der Waals surface area contributed by atoms with Crippen LogP contribution in [0, 0.1) is 11.8 Å². The minimum Gasteiger partial charge on any atom is -0.313 e. The lowest BCUT2D eigenvalue weighted by atomic mass is 9.86. The van der Waals surface area contributed by atoms with Crippen molar-refractivity contribution in [1.29, 1.82) is 0 Å². The van der Waals surface area contributed by atoms with Crippen molar-refractivity contribution < 1.29 is 26.3 Å². The Morgan fingerprint density at radius 1 is 1.00 bits per heavy atom. The van der Waals surface area contributed by atoms with Crippen LogP contribution in [0.5, 0.6) is 0 Å². The highest BCUT2D eigenvalue weighted by molar-refractivity contribution is 4.92. The van der Waals surface area contributed by atoms with Crippen LogP contribution < -0.4 is 5.32 Å².